The van der Waals surface area contributed by atoms with Crippen LogP contribution in [0.25, 0.3) is 10.4 Å². The highest BCUT2D eigenvalue weighted by atomic mass is 32.2. The molecule has 36 heavy (non-hydrogen) atoms. The molecule has 0 aliphatic heterocycles. The molecule has 14 heteroatoms. The lowest BCUT2D eigenvalue weighted by atomic mass is 10.1. The number of nitrogens with zero attached hydrogens (tertiary/aromatic N) is 1. The topological polar surface area (TPSA) is 153 Å². The normalized spacial score (nSPS) is 13.2. The molecule has 0 spiro atoms. The molecule has 8 nitrogen and oxygen atoms in total. The van der Waals surface area contributed by atoms with Crippen molar-refractivity contribution >= 4 is 28.8 Å². The first-order valence-electron chi connectivity index (χ1n) is 9.84. The summed E-state index contributed by atoms with van der Waals surface area (Å²) in [5.74, 6) is -0.868. The zero-order valence-electron chi connectivity index (χ0n) is 19.3. The fourth-order valence-corrected chi connectivity index (χ4v) is 7.69. The Bertz CT molecular complexity index is 1450. The van der Waals surface area contributed by atoms with E-state index in [0.29, 0.717) is 16.7 Å². The van der Waals surface area contributed by atoms with Gasteiger partial charge in [0.25, 0.3) is 0 Å². The molecule has 0 radical (unpaired) electrons. The van der Waals surface area contributed by atoms with E-state index in [2.05, 4.69) is 0 Å². The minimum absolute atomic E-state index is 0. The number of methoxy groups -OCH3 is 1. The van der Waals surface area contributed by atoms with Crippen LogP contribution in [0.5, 0.6) is 11.5 Å². The van der Waals surface area contributed by atoms with Gasteiger partial charge in [0.1, 0.15) is 15.7 Å². The van der Waals surface area contributed by atoms with Crippen LogP contribution in [0.15, 0.2) is 52.7 Å². The molecule has 0 aliphatic carbocycles. The maximum absolute atomic E-state index is 13.1. The first-order chi connectivity index (χ1) is 16.3. The number of hydrogen-bond donors (Lipinski definition) is 1. The van der Waals surface area contributed by atoms with Gasteiger partial charge in [-0.1, -0.05) is 12.1 Å². The Morgan fingerprint density at radius 3 is 2.44 bits per heavy atom. The average molecular weight is 563 g/mol. The minimum Gasteiger partial charge on any atom is -0.769 e. The van der Waals surface area contributed by atoms with E-state index >= 15 is 0 Å². The van der Waals surface area contributed by atoms with Crippen LogP contribution >= 0.6 is 18.9 Å². The van der Waals surface area contributed by atoms with Crippen LogP contribution in [0.4, 0.5) is 13.2 Å². The van der Waals surface area contributed by atoms with Crippen LogP contribution in [0.3, 0.4) is 0 Å². The summed E-state index contributed by atoms with van der Waals surface area (Å²) in [6.07, 6.45) is -5.86. The number of alkyl halides is 3. The van der Waals surface area contributed by atoms with Gasteiger partial charge in [0.15, 0.2) is 17.4 Å². The number of halogens is 3. The third-order valence-corrected chi connectivity index (χ3v) is 9.87. The van der Waals surface area contributed by atoms with Crippen molar-refractivity contribution in [1.29, 1.82) is 5.26 Å². The second-order valence-corrected chi connectivity index (χ2v) is 12.6. The third-order valence-electron chi connectivity index (χ3n) is 4.88. The van der Waals surface area contributed by atoms with Crippen molar-refractivity contribution in [2.75, 3.05) is 19.0 Å². The number of ether oxygens (including phenoxy) is 1. The van der Waals surface area contributed by atoms with Gasteiger partial charge in [-0.25, -0.2) is 8.42 Å². The number of benzene rings is 2. The number of aryl methyl sites for hydroxylation is 1. The highest BCUT2D eigenvalue weighted by Crippen LogP contribution is 2.42. The second kappa shape index (κ2) is 11.0. The molecule has 0 saturated heterocycles. The average Bonchev–Trinajstić information content (AvgIpc) is 3.29. The van der Waals surface area contributed by atoms with Crippen molar-refractivity contribution in [3.05, 3.63) is 65.2 Å². The van der Waals surface area contributed by atoms with Crippen LogP contribution in [-0.4, -0.2) is 27.4 Å². The Morgan fingerprint density at radius 2 is 1.83 bits per heavy atom. The molecule has 0 aliphatic rings. The van der Waals surface area contributed by atoms with E-state index in [1.807, 2.05) is 13.0 Å². The summed E-state index contributed by atoms with van der Waals surface area (Å²) in [4.78, 5) is 12.9. The van der Waals surface area contributed by atoms with Gasteiger partial charge < -0.3 is 20.3 Å². The van der Waals surface area contributed by atoms with Crippen molar-refractivity contribution in [2.24, 2.45) is 0 Å². The van der Waals surface area contributed by atoms with Gasteiger partial charge in [0.2, 0.25) is 0 Å². The Morgan fingerprint density at radius 1 is 1.14 bits per heavy atom. The zero-order chi connectivity index (χ0) is 26.0. The van der Waals surface area contributed by atoms with Crippen LogP contribution in [0.1, 0.15) is 16.7 Å². The molecule has 0 fully saturated rings. The van der Waals surface area contributed by atoms with Gasteiger partial charge in [0.05, 0.1) is 30.1 Å². The number of thiophene rings is 1. The zero-order valence-corrected chi connectivity index (χ0v) is 21.9. The molecule has 1 unspecified atom stereocenters. The van der Waals surface area contributed by atoms with E-state index < -0.39 is 52.4 Å². The molecular weight excluding hydrogens is 540 g/mol. The molecule has 0 amide bonds. The summed E-state index contributed by atoms with van der Waals surface area (Å²) in [6, 6.07) is 11.8. The Kier molecular flexibility index (Phi) is 8.99. The molecule has 4 N–H and O–H groups in total. The molecule has 1 aromatic heterocycles. The lowest BCUT2D eigenvalue weighted by molar-refractivity contribution is -0.190. The highest BCUT2D eigenvalue weighted by Gasteiger charge is 2.34. The van der Waals surface area contributed by atoms with E-state index in [9.17, 15) is 31.0 Å². The summed E-state index contributed by atoms with van der Waals surface area (Å²) >= 11 is 0.950. The smallest absolute Gasteiger partial charge is 0.417 e. The van der Waals surface area contributed by atoms with E-state index in [0.717, 1.165) is 34.6 Å². The van der Waals surface area contributed by atoms with Gasteiger partial charge in [-0.15, -0.1) is 11.3 Å². The van der Waals surface area contributed by atoms with E-state index in [-0.39, 0.29) is 10.4 Å². The van der Waals surface area contributed by atoms with Crippen molar-refractivity contribution in [1.82, 2.24) is 6.15 Å². The summed E-state index contributed by atoms with van der Waals surface area (Å²) in [5.41, 5.74) is -0.439. The Labute approximate surface area is 210 Å². The maximum atomic E-state index is 13.1. The van der Waals surface area contributed by atoms with Gasteiger partial charge in [0, 0.05) is 11.0 Å². The molecule has 0 bridgehead atoms. The molecule has 0 saturated carbocycles. The van der Waals surface area contributed by atoms with Crippen LogP contribution in [0.2, 0.25) is 0 Å². The molecular formula is C22H22F3N2O6PS2. The summed E-state index contributed by atoms with van der Waals surface area (Å²) in [6.45, 7) is 1.86. The van der Waals surface area contributed by atoms with Crippen LogP contribution in [0, 0.1) is 18.3 Å². The summed E-state index contributed by atoms with van der Waals surface area (Å²) in [7, 11) is -7.40. The van der Waals surface area contributed by atoms with E-state index in [1.165, 1.54) is 19.2 Å². The molecule has 1 atom stereocenters. The van der Waals surface area contributed by atoms with Gasteiger partial charge in [-0.3, -0.25) is 4.57 Å². The quantitative estimate of drug-likeness (QED) is 0.360. The van der Waals surface area contributed by atoms with E-state index in [1.54, 1.807) is 18.2 Å². The highest BCUT2D eigenvalue weighted by molar-refractivity contribution is 7.93. The first-order valence-corrected chi connectivity index (χ1v) is 14.0. The summed E-state index contributed by atoms with van der Waals surface area (Å²) < 4.78 is 86.9. The maximum Gasteiger partial charge on any atom is 0.417 e. The number of quaternary nitrogens is 1. The first kappa shape index (κ1) is 29.4. The number of sulfone groups is 1. The van der Waals surface area contributed by atoms with E-state index in [4.69, 9.17) is 14.5 Å². The van der Waals surface area contributed by atoms with Crippen LogP contribution in [-0.2, 0) is 20.6 Å². The number of hydrogen-bond acceptors (Lipinski definition) is 8. The SMILES string of the molecule is COc1cc(-c2ccc(S(=O)(=O)CCP(=O)([O-])Oc3ccc(C#N)c(C(F)(F)F)c3)s2)ccc1C.[NH4+]. The standard InChI is InChI=1S/C22H19F3NO6PS2.H3N/c1-14-3-4-15(11-19(14)31-2)20-7-8-21(34-20)35(29,30)10-9-33(27,28)32-17-6-5-16(13-26)18(12-17)22(23,24)25;/h3-8,11-12H,9-10H2,1-2H3,(H,27,28);1H3. The lowest BCUT2D eigenvalue weighted by Gasteiger charge is -2.24. The summed E-state index contributed by atoms with van der Waals surface area (Å²) in [5, 5.41) is 8.82. The van der Waals surface area contributed by atoms with Crippen molar-refractivity contribution < 1.29 is 40.3 Å². The Balaban J connectivity index is 0.00000456. The fourth-order valence-electron chi connectivity index (χ4n) is 3.07. The molecule has 194 valence electrons. The minimum atomic E-state index is -4.90. The van der Waals surface area contributed by atoms with Crippen molar-refractivity contribution in [3.63, 3.8) is 0 Å². The van der Waals surface area contributed by atoms with Gasteiger partial charge in [-0.05, 0) is 54.4 Å². The molecule has 3 aromatic rings. The van der Waals surface area contributed by atoms with Crippen molar-refractivity contribution in [2.45, 2.75) is 17.3 Å². The predicted octanol–water partition coefficient (Wildman–Crippen LogP) is 5.40. The molecule has 3 rings (SSSR count). The molecule has 2 aromatic carbocycles. The van der Waals surface area contributed by atoms with Gasteiger partial charge in [-0.2, -0.15) is 18.4 Å². The Hall–Kier alpha value is -2.88. The van der Waals surface area contributed by atoms with Crippen molar-refractivity contribution in [3.8, 4) is 28.0 Å². The number of nitriles is 1. The largest absolute Gasteiger partial charge is 0.769 e. The lowest BCUT2D eigenvalue weighted by Crippen LogP contribution is -2.18. The predicted molar refractivity (Wildman–Crippen MR) is 128 cm³/mol. The fraction of sp³-hybridized carbons (Fsp3) is 0.227. The monoisotopic (exact) mass is 562 g/mol. The van der Waals surface area contributed by atoms with Crippen LogP contribution < -0.4 is 20.3 Å². The van der Waals surface area contributed by atoms with Gasteiger partial charge >= 0.3 is 6.18 Å². The second-order valence-electron chi connectivity index (χ2n) is 7.36. The number of rotatable bonds is 8. The molecule has 1 heterocycles. The third kappa shape index (κ3) is 6.87.